The zero-order valence-electron chi connectivity index (χ0n) is 22.0. The van der Waals surface area contributed by atoms with Crippen molar-refractivity contribution in [2.75, 3.05) is 34.5 Å². The van der Waals surface area contributed by atoms with Crippen LogP contribution < -0.4 is 9.47 Å². The molecule has 9 nitrogen and oxygen atoms in total. The molecule has 2 aromatic carbocycles. The van der Waals surface area contributed by atoms with Crippen molar-refractivity contribution in [1.29, 1.82) is 0 Å². The predicted octanol–water partition coefficient (Wildman–Crippen LogP) is 3.82. The lowest BCUT2D eigenvalue weighted by Crippen LogP contribution is -2.34. The van der Waals surface area contributed by atoms with Gasteiger partial charge in [-0.25, -0.2) is 13.4 Å². The highest BCUT2D eigenvalue weighted by molar-refractivity contribution is 7.90. The molecule has 1 amide bonds. The molecule has 0 aliphatic rings. The topological polar surface area (TPSA) is 100.0 Å². The second-order valence-electron chi connectivity index (χ2n) is 9.10. The number of hydrogen-bond acceptors (Lipinski definition) is 7. The summed E-state index contributed by atoms with van der Waals surface area (Å²) in [5, 5.41) is -0.0521. The van der Waals surface area contributed by atoms with Gasteiger partial charge in [0.15, 0.2) is 0 Å². The van der Waals surface area contributed by atoms with Gasteiger partial charge in [-0.15, -0.1) is 0 Å². The third kappa shape index (κ3) is 7.33. The second kappa shape index (κ2) is 12.7. The molecule has 10 heteroatoms. The number of amides is 1. The van der Waals surface area contributed by atoms with Crippen molar-refractivity contribution in [3.8, 4) is 11.5 Å². The van der Waals surface area contributed by atoms with Gasteiger partial charge in [0.25, 0.3) is 5.91 Å². The number of nitrogens with zero attached hydrogens (tertiary/aromatic N) is 3. The lowest BCUT2D eigenvalue weighted by atomic mass is 10.1. The van der Waals surface area contributed by atoms with Gasteiger partial charge in [0.1, 0.15) is 11.5 Å². The van der Waals surface area contributed by atoms with E-state index in [0.717, 1.165) is 0 Å². The summed E-state index contributed by atoms with van der Waals surface area (Å²) in [6.07, 6.45) is 1.53. The molecular formula is C27H35N3O6S. The SMILES string of the molecule is COCCn1c(CN(CC(C)C)C(=O)c2ccc(OC)cc2)cnc1S(=O)(=O)Cc1cccc(OC)c1. The Morgan fingerprint density at radius 2 is 1.73 bits per heavy atom. The van der Waals surface area contributed by atoms with Crippen LogP contribution in [0.1, 0.15) is 35.5 Å². The highest BCUT2D eigenvalue weighted by Crippen LogP contribution is 2.22. The van der Waals surface area contributed by atoms with E-state index < -0.39 is 9.84 Å². The monoisotopic (exact) mass is 529 g/mol. The number of sulfone groups is 1. The van der Waals surface area contributed by atoms with Crippen LogP contribution in [0.2, 0.25) is 0 Å². The normalized spacial score (nSPS) is 11.5. The summed E-state index contributed by atoms with van der Waals surface area (Å²) < 4.78 is 44.1. The lowest BCUT2D eigenvalue weighted by molar-refractivity contribution is 0.0717. The van der Waals surface area contributed by atoms with E-state index >= 15 is 0 Å². The number of ether oxygens (including phenoxy) is 3. The molecule has 0 fully saturated rings. The summed E-state index contributed by atoms with van der Waals surface area (Å²) in [6, 6.07) is 13.9. The zero-order valence-corrected chi connectivity index (χ0v) is 22.8. The maximum atomic E-state index is 13.4. The number of aromatic nitrogens is 2. The van der Waals surface area contributed by atoms with Crippen molar-refractivity contribution in [2.45, 2.75) is 37.8 Å². The molecule has 3 rings (SSSR count). The number of hydrogen-bond donors (Lipinski definition) is 0. The number of carbonyl (C=O) groups is 1. The molecule has 0 bridgehead atoms. The average Bonchev–Trinajstić information content (AvgIpc) is 3.29. The Hall–Kier alpha value is -3.37. The standard InChI is InChI=1S/C27H35N3O6S/c1-20(2)17-29(26(31)22-9-11-24(35-4)12-10-22)18-23-16-28-27(30(23)13-14-34-3)37(32,33)19-21-7-6-8-25(15-21)36-5/h6-12,15-16,20H,13-14,17-19H2,1-5H3. The highest BCUT2D eigenvalue weighted by atomic mass is 32.2. The van der Waals surface area contributed by atoms with E-state index in [9.17, 15) is 13.2 Å². The molecule has 0 saturated carbocycles. The van der Waals surface area contributed by atoms with E-state index in [2.05, 4.69) is 4.98 Å². The van der Waals surface area contributed by atoms with E-state index in [4.69, 9.17) is 14.2 Å². The van der Waals surface area contributed by atoms with Crippen molar-refractivity contribution in [1.82, 2.24) is 14.5 Å². The smallest absolute Gasteiger partial charge is 0.254 e. The van der Waals surface area contributed by atoms with Crippen LogP contribution in [0.15, 0.2) is 59.9 Å². The summed E-state index contributed by atoms with van der Waals surface area (Å²) in [5.41, 5.74) is 1.73. The molecule has 37 heavy (non-hydrogen) atoms. The number of imidazole rings is 1. The van der Waals surface area contributed by atoms with Gasteiger partial charge in [-0.2, -0.15) is 0 Å². The van der Waals surface area contributed by atoms with Gasteiger partial charge >= 0.3 is 0 Å². The first-order valence-electron chi connectivity index (χ1n) is 12.0. The van der Waals surface area contributed by atoms with Gasteiger partial charge in [-0.3, -0.25) is 4.79 Å². The molecule has 0 aliphatic heterocycles. The van der Waals surface area contributed by atoms with Gasteiger partial charge in [0.05, 0.1) is 45.0 Å². The number of rotatable bonds is 13. The van der Waals surface area contributed by atoms with Crippen LogP contribution in [0.25, 0.3) is 0 Å². The van der Waals surface area contributed by atoms with E-state index in [1.54, 1.807) is 72.2 Å². The average molecular weight is 530 g/mol. The molecule has 0 atom stereocenters. The molecule has 200 valence electrons. The van der Waals surface area contributed by atoms with Gasteiger partial charge in [-0.05, 0) is 47.9 Å². The molecule has 0 N–H and O–H groups in total. The quantitative estimate of drug-likeness (QED) is 0.332. The third-order valence-electron chi connectivity index (χ3n) is 5.75. The van der Waals surface area contributed by atoms with E-state index in [1.165, 1.54) is 13.3 Å². The van der Waals surface area contributed by atoms with Crippen LogP contribution in [0, 0.1) is 5.92 Å². The summed E-state index contributed by atoms with van der Waals surface area (Å²) >= 11 is 0. The third-order valence-corrected chi connectivity index (χ3v) is 7.35. The maximum absolute atomic E-state index is 13.4. The van der Waals surface area contributed by atoms with Crippen LogP contribution >= 0.6 is 0 Å². The van der Waals surface area contributed by atoms with Crippen molar-refractivity contribution in [3.05, 3.63) is 71.5 Å². The molecule has 0 radical (unpaired) electrons. The van der Waals surface area contributed by atoms with Gasteiger partial charge < -0.3 is 23.7 Å². The fourth-order valence-electron chi connectivity index (χ4n) is 4.01. The highest BCUT2D eigenvalue weighted by Gasteiger charge is 2.26. The predicted molar refractivity (Wildman–Crippen MR) is 141 cm³/mol. The van der Waals surface area contributed by atoms with Crippen molar-refractivity contribution in [3.63, 3.8) is 0 Å². The van der Waals surface area contributed by atoms with Crippen LogP contribution in [-0.2, 0) is 33.4 Å². The molecule has 0 spiro atoms. The van der Waals surface area contributed by atoms with Crippen LogP contribution in [0.4, 0.5) is 0 Å². The summed E-state index contributed by atoms with van der Waals surface area (Å²) in [7, 11) is 0.868. The van der Waals surface area contributed by atoms with E-state index in [0.29, 0.717) is 41.5 Å². The summed E-state index contributed by atoms with van der Waals surface area (Å²) in [4.78, 5) is 19.4. The van der Waals surface area contributed by atoms with Crippen LogP contribution in [0.3, 0.4) is 0 Å². The minimum Gasteiger partial charge on any atom is -0.497 e. The Balaban J connectivity index is 1.93. The zero-order chi connectivity index (χ0) is 27.0. The van der Waals surface area contributed by atoms with E-state index in [1.807, 2.05) is 13.8 Å². The van der Waals surface area contributed by atoms with Gasteiger partial charge in [-0.1, -0.05) is 26.0 Å². The maximum Gasteiger partial charge on any atom is 0.254 e. The molecule has 1 heterocycles. The fraction of sp³-hybridized carbons (Fsp3) is 0.407. The minimum atomic E-state index is -3.79. The lowest BCUT2D eigenvalue weighted by Gasteiger charge is -2.25. The van der Waals surface area contributed by atoms with Crippen molar-refractivity contribution < 1.29 is 27.4 Å². The van der Waals surface area contributed by atoms with E-state index in [-0.39, 0.29) is 35.8 Å². The molecule has 0 unspecified atom stereocenters. The number of benzene rings is 2. The molecule has 0 aliphatic carbocycles. The molecule has 1 aromatic heterocycles. The van der Waals surface area contributed by atoms with Crippen molar-refractivity contribution >= 4 is 15.7 Å². The van der Waals surface area contributed by atoms with Crippen molar-refractivity contribution in [2.24, 2.45) is 5.92 Å². The minimum absolute atomic E-state index is 0.0521. The Labute approximate surface area is 218 Å². The van der Waals surface area contributed by atoms with Gasteiger partial charge in [0, 0.05) is 25.8 Å². The van der Waals surface area contributed by atoms with Gasteiger partial charge in [0.2, 0.25) is 15.0 Å². The first kappa shape index (κ1) is 28.2. The Morgan fingerprint density at radius 3 is 2.35 bits per heavy atom. The number of carbonyl (C=O) groups excluding carboxylic acids is 1. The first-order valence-corrected chi connectivity index (χ1v) is 13.7. The molecular weight excluding hydrogens is 494 g/mol. The Morgan fingerprint density at radius 1 is 1.03 bits per heavy atom. The summed E-state index contributed by atoms with van der Waals surface area (Å²) in [5.74, 6) is 1.06. The number of methoxy groups -OCH3 is 3. The largest absolute Gasteiger partial charge is 0.497 e. The van der Waals surface area contributed by atoms with Crippen LogP contribution in [-0.4, -0.2) is 63.3 Å². The molecule has 0 saturated heterocycles. The second-order valence-corrected chi connectivity index (χ2v) is 11.0. The summed E-state index contributed by atoms with van der Waals surface area (Å²) in [6.45, 7) is 5.33. The first-order chi connectivity index (χ1) is 17.7. The molecule has 3 aromatic rings. The Bertz CT molecular complexity index is 1290. The van der Waals surface area contributed by atoms with Crippen LogP contribution in [0.5, 0.6) is 11.5 Å². The Kier molecular flexibility index (Phi) is 9.71. The fourth-order valence-corrected chi connectivity index (χ4v) is 5.51.